The Labute approximate surface area is 232 Å². The zero-order valence-corrected chi connectivity index (χ0v) is 23.0. The average Bonchev–Trinajstić information content (AvgIpc) is 3.40. The molecule has 0 aromatic heterocycles. The van der Waals surface area contributed by atoms with Gasteiger partial charge in [0.15, 0.2) is 5.78 Å². The van der Waals surface area contributed by atoms with Crippen LogP contribution in [0, 0.1) is 16.7 Å². The van der Waals surface area contributed by atoms with Crippen LogP contribution in [0.4, 0.5) is 18.9 Å². The van der Waals surface area contributed by atoms with Gasteiger partial charge in [0.05, 0.1) is 49.0 Å². The Morgan fingerprint density at radius 3 is 2.50 bits per heavy atom. The molecule has 2 aromatic rings. The largest absolute Gasteiger partial charge is 0.496 e. The minimum atomic E-state index is -4.65. The maximum absolute atomic E-state index is 14.1. The summed E-state index contributed by atoms with van der Waals surface area (Å²) in [6, 6.07) is 13.0. The SMILES string of the molecule is COc1ccc(C2C(C#N)=C(N)N(c3ccccc3C(F)(F)F)C3=C2C(=O)CC(C)(C)C3)cc1C[NH+]1CCCC1. The number of anilines is 1. The lowest BCUT2D eigenvalue weighted by Gasteiger charge is -2.44. The number of carbonyl (C=O) groups is 1. The lowest BCUT2D eigenvalue weighted by molar-refractivity contribution is -0.901. The Morgan fingerprint density at radius 1 is 1.15 bits per heavy atom. The van der Waals surface area contributed by atoms with Crippen molar-refractivity contribution in [3.8, 4) is 11.8 Å². The molecule has 2 aromatic carbocycles. The fraction of sp³-hybridized carbons (Fsp3) is 0.419. The van der Waals surface area contributed by atoms with E-state index in [2.05, 4.69) is 6.07 Å². The summed E-state index contributed by atoms with van der Waals surface area (Å²) in [5.74, 6) is -0.332. The molecule has 0 amide bonds. The molecule has 1 fully saturated rings. The molecule has 1 unspecified atom stereocenters. The number of nitrogens with two attached hydrogens (primary N) is 1. The molecule has 2 heterocycles. The Balaban J connectivity index is 1.72. The molecule has 210 valence electrons. The van der Waals surface area contributed by atoms with Gasteiger partial charge in [-0.05, 0) is 41.7 Å². The normalized spacial score (nSPS) is 21.5. The van der Waals surface area contributed by atoms with Crippen LogP contribution in [0.25, 0.3) is 0 Å². The highest BCUT2D eigenvalue weighted by Gasteiger charge is 2.46. The summed E-state index contributed by atoms with van der Waals surface area (Å²) in [6.45, 7) is 6.69. The van der Waals surface area contributed by atoms with E-state index in [0.29, 0.717) is 23.3 Å². The van der Waals surface area contributed by atoms with Gasteiger partial charge in [0, 0.05) is 36.1 Å². The molecular weight excluding hydrogens is 517 g/mol. The highest BCUT2D eigenvalue weighted by molar-refractivity contribution is 6.01. The van der Waals surface area contributed by atoms with E-state index in [9.17, 15) is 23.2 Å². The zero-order valence-electron chi connectivity index (χ0n) is 23.0. The molecule has 2 aliphatic heterocycles. The quantitative estimate of drug-likeness (QED) is 0.556. The van der Waals surface area contributed by atoms with E-state index >= 15 is 0 Å². The summed E-state index contributed by atoms with van der Waals surface area (Å²) in [4.78, 5) is 16.6. The Bertz CT molecular complexity index is 1450. The van der Waals surface area contributed by atoms with Crippen molar-refractivity contribution >= 4 is 11.5 Å². The van der Waals surface area contributed by atoms with E-state index in [0.717, 1.165) is 49.9 Å². The number of ketones is 1. The molecule has 6 nitrogen and oxygen atoms in total. The van der Waals surface area contributed by atoms with Crippen LogP contribution >= 0.6 is 0 Å². The van der Waals surface area contributed by atoms with Crippen molar-refractivity contribution in [3.05, 3.63) is 81.8 Å². The van der Waals surface area contributed by atoms with Crippen LogP contribution in [0.2, 0.25) is 0 Å². The van der Waals surface area contributed by atoms with Gasteiger partial charge in [-0.15, -0.1) is 0 Å². The predicted octanol–water partition coefficient (Wildman–Crippen LogP) is 4.83. The van der Waals surface area contributed by atoms with Crippen LogP contribution in [-0.2, 0) is 17.5 Å². The molecule has 5 rings (SSSR count). The Morgan fingerprint density at radius 2 is 1.85 bits per heavy atom. The van der Waals surface area contributed by atoms with Crippen LogP contribution in [0.15, 0.2) is 65.1 Å². The molecule has 1 saturated heterocycles. The van der Waals surface area contributed by atoms with Gasteiger partial charge in [-0.2, -0.15) is 18.4 Å². The molecule has 1 atom stereocenters. The second kappa shape index (κ2) is 10.3. The minimum Gasteiger partial charge on any atom is -0.496 e. The summed E-state index contributed by atoms with van der Waals surface area (Å²) in [5, 5.41) is 10.4. The smallest absolute Gasteiger partial charge is 0.418 e. The molecule has 0 radical (unpaired) electrons. The lowest BCUT2D eigenvalue weighted by Crippen LogP contribution is -3.08. The first-order valence-corrected chi connectivity index (χ1v) is 13.6. The highest BCUT2D eigenvalue weighted by atomic mass is 19.4. The monoisotopic (exact) mass is 551 g/mol. The number of Topliss-reactive ketones (excluding diaryl/α,β-unsaturated/α-hetero) is 1. The van der Waals surface area contributed by atoms with Crippen molar-refractivity contribution in [2.24, 2.45) is 11.1 Å². The number of rotatable bonds is 5. The number of ether oxygens (including phenoxy) is 1. The van der Waals surface area contributed by atoms with E-state index in [-0.39, 0.29) is 29.3 Å². The number of benzene rings is 2. The number of carbonyl (C=O) groups excluding carboxylic acids is 1. The number of halogens is 3. The number of para-hydroxylation sites is 1. The van der Waals surface area contributed by atoms with Crippen molar-refractivity contribution in [2.45, 2.75) is 58.2 Å². The standard InChI is InChI=1S/C31H33F3N4O2/c1-30(2)15-24-28(25(39)16-30)27(19-10-11-26(40-3)20(14-19)18-37-12-6-7-13-37)21(17-35)29(36)38(24)23-9-5-4-8-22(23)31(32,33)34/h4-5,8-11,14,27H,6-7,12-13,15-16,18,36H2,1-3H3/p+1. The number of alkyl halides is 3. The predicted molar refractivity (Wildman–Crippen MR) is 145 cm³/mol. The van der Waals surface area contributed by atoms with Crippen molar-refractivity contribution in [3.63, 3.8) is 0 Å². The van der Waals surface area contributed by atoms with Gasteiger partial charge in [0.1, 0.15) is 18.1 Å². The van der Waals surface area contributed by atoms with Crippen molar-refractivity contribution in [2.75, 3.05) is 25.1 Å². The van der Waals surface area contributed by atoms with E-state index in [1.54, 1.807) is 7.11 Å². The molecule has 0 spiro atoms. The number of nitrogens with zero attached hydrogens (tertiary/aromatic N) is 2. The molecule has 1 aliphatic carbocycles. The number of hydrogen-bond donors (Lipinski definition) is 2. The van der Waals surface area contributed by atoms with Crippen LogP contribution in [0.1, 0.15) is 62.1 Å². The highest BCUT2D eigenvalue weighted by Crippen LogP contribution is 2.52. The van der Waals surface area contributed by atoms with Crippen molar-refractivity contribution in [1.29, 1.82) is 5.26 Å². The van der Waals surface area contributed by atoms with Crippen molar-refractivity contribution < 1.29 is 27.6 Å². The lowest BCUT2D eigenvalue weighted by atomic mass is 9.68. The van der Waals surface area contributed by atoms with Gasteiger partial charge in [-0.3, -0.25) is 9.69 Å². The van der Waals surface area contributed by atoms with Crippen LogP contribution < -0.4 is 20.3 Å². The molecular formula is C31H34F3N4O2+. The second-order valence-corrected chi connectivity index (χ2v) is 11.7. The number of allylic oxidation sites excluding steroid dienone is 3. The first-order chi connectivity index (χ1) is 18.9. The maximum atomic E-state index is 14.1. The molecule has 3 aliphatic rings. The number of methoxy groups -OCH3 is 1. The van der Waals surface area contributed by atoms with Gasteiger partial charge in [0.25, 0.3) is 0 Å². The molecule has 9 heteroatoms. The fourth-order valence-electron chi connectivity index (χ4n) is 6.46. The number of hydrogen-bond acceptors (Lipinski definition) is 5. The molecule has 0 bridgehead atoms. The van der Waals surface area contributed by atoms with Crippen LogP contribution in [-0.4, -0.2) is 26.0 Å². The first-order valence-electron chi connectivity index (χ1n) is 13.6. The van der Waals surface area contributed by atoms with Gasteiger partial charge in [0.2, 0.25) is 0 Å². The molecule has 0 saturated carbocycles. The summed E-state index contributed by atoms with van der Waals surface area (Å²) >= 11 is 0. The fourth-order valence-corrected chi connectivity index (χ4v) is 6.46. The molecule has 40 heavy (non-hydrogen) atoms. The topological polar surface area (TPSA) is 83.8 Å². The van der Waals surface area contributed by atoms with Gasteiger partial charge in [-0.1, -0.05) is 32.0 Å². The second-order valence-electron chi connectivity index (χ2n) is 11.7. The third-order valence-corrected chi connectivity index (χ3v) is 8.22. The van der Waals surface area contributed by atoms with Crippen molar-refractivity contribution in [1.82, 2.24) is 0 Å². The van der Waals surface area contributed by atoms with Gasteiger partial charge in [-0.25, -0.2) is 0 Å². The molecule has 3 N–H and O–H groups in total. The zero-order chi connectivity index (χ0) is 28.8. The van der Waals surface area contributed by atoms with E-state index in [4.69, 9.17) is 10.5 Å². The average molecular weight is 552 g/mol. The first kappa shape index (κ1) is 27.8. The number of nitrogens with one attached hydrogen (secondary N) is 1. The van der Waals surface area contributed by atoms with Crippen LogP contribution in [0.3, 0.4) is 0 Å². The third-order valence-electron chi connectivity index (χ3n) is 8.22. The number of nitriles is 1. The van der Waals surface area contributed by atoms with E-state index in [1.165, 1.54) is 28.0 Å². The summed E-state index contributed by atoms with van der Waals surface area (Å²) < 4.78 is 48.1. The van der Waals surface area contributed by atoms with Crippen LogP contribution in [0.5, 0.6) is 5.75 Å². The maximum Gasteiger partial charge on any atom is 0.418 e. The summed E-state index contributed by atoms with van der Waals surface area (Å²) in [7, 11) is 1.61. The Hall–Kier alpha value is -3.77. The number of quaternary nitrogens is 1. The number of likely N-dealkylation sites (tertiary alicyclic amines) is 1. The Kier molecular flexibility index (Phi) is 7.17. The van der Waals surface area contributed by atoms with E-state index < -0.39 is 23.1 Å². The summed E-state index contributed by atoms with van der Waals surface area (Å²) in [6.07, 6.45) is -1.78. The minimum absolute atomic E-state index is 0.0634. The van der Waals surface area contributed by atoms with Gasteiger partial charge >= 0.3 is 6.18 Å². The third kappa shape index (κ3) is 4.97. The van der Waals surface area contributed by atoms with Gasteiger partial charge < -0.3 is 15.4 Å². The van der Waals surface area contributed by atoms with E-state index in [1.807, 2.05) is 32.0 Å². The summed E-state index contributed by atoms with van der Waals surface area (Å²) in [5.41, 5.74) is 7.54.